The molecular formula is C13H9ClFN3. The third-order valence-corrected chi connectivity index (χ3v) is 2.74. The zero-order valence-electron chi connectivity index (χ0n) is 9.24. The Morgan fingerprint density at radius 2 is 2.00 bits per heavy atom. The van der Waals surface area contributed by atoms with E-state index in [1.807, 2.05) is 6.07 Å². The van der Waals surface area contributed by atoms with Crippen molar-refractivity contribution in [3.63, 3.8) is 0 Å². The summed E-state index contributed by atoms with van der Waals surface area (Å²) in [7, 11) is 0. The topological polar surface area (TPSA) is 61.8 Å². The number of benzene rings is 2. The SMILES string of the molecule is N#Cc1cccc(Nc2ccc(F)cc2Cl)c1N. The molecule has 0 aliphatic rings. The number of hydrogen-bond acceptors (Lipinski definition) is 3. The second-order valence-corrected chi connectivity index (χ2v) is 4.03. The molecule has 0 bridgehead atoms. The first-order valence-electron chi connectivity index (χ1n) is 5.12. The number of nitrogen functional groups attached to an aromatic ring is 1. The summed E-state index contributed by atoms with van der Waals surface area (Å²) < 4.78 is 12.9. The van der Waals surface area contributed by atoms with Crippen LogP contribution in [-0.2, 0) is 0 Å². The molecule has 0 saturated carbocycles. The van der Waals surface area contributed by atoms with Crippen LogP contribution in [-0.4, -0.2) is 0 Å². The Bertz CT molecular complexity index is 635. The first kappa shape index (κ1) is 12.2. The van der Waals surface area contributed by atoms with Crippen LogP contribution < -0.4 is 11.1 Å². The first-order valence-corrected chi connectivity index (χ1v) is 5.50. The third-order valence-electron chi connectivity index (χ3n) is 2.43. The highest BCUT2D eigenvalue weighted by atomic mass is 35.5. The second-order valence-electron chi connectivity index (χ2n) is 3.63. The van der Waals surface area contributed by atoms with Gasteiger partial charge in [-0.15, -0.1) is 0 Å². The predicted molar refractivity (Wildman–Crippen MR) is 70.3 cm³/mol. The van der Waals surface area contributed by atoms with E-state index in [-0.39, 0.29) is 5.02 Å². The summed E-state index contributed by atoms with van der Waals surface area (Å²) in [6.45, 7) is 0. The van der Waals surface area contributed by atoms with Crippen molar-refractivity contribution >= 4 is 28.7 Å². The zero-order valence-corrected chi connectivity index (χ0v) is 10.0. The summed E-state index contributed by atoms with van der Waals surface area (Å²) in [6, 6.07) is 11.0. The average Bonchev–Trinajstić information content (AvgIpc) is 2.35. The molecule has 3 nitrogen and oxygen atoms in total. The van der Waals surface area contributed by atoms with Crippen molar-refractivity contribution in [2.24, 2.45) is 0 Å². The lowest BCUT2D eigenvalue weighted by atomic mass is 10.1. The van der Waals surface area contributed by atoms with Crippen molar-refractivity contribution in [2.45, 2.75) is 0 Å². The molecule has 2 aromatic carbocycles. The molecule has 0 radical (unpaired) electrons. The van der Waals surface area contributed by atoms with Gasteiger partial charge < -0.3 is 11.1 Å². The van der Waals surface area contributed by atoms with Crippen LogP contribution in [0.1, 0.15) is 5.56 Å². The van der Waals surface area contributed by atoms with Gasteiger partial charge in [-0.25, -0.2) is 4.39 Å². The van der Waals surface area contributed by atoms with Gasteiger partial charge >= 0.3 is 0 Å². The fourth-order valence-corrected chi connectivity index (χ4v) is 1.72. The van der Waals surface area contributed by atoms with E-state index < -0.39 is 5.82 Å². The predicted octanol–water partition coefficient (Wildman–Crippen LogP) is 3.68. The van der Waals surface area contributed by atoms with Crippen LogP contribution in [0.25, 0.3) is 0 Å². The molecule has 3 N–H and O–H groups in total. The molecule has 0 saturated heterocycles. The van der Waals surface area contributed by atoms with Gasteiger partial charge in [-0.05, 0) is 30.3 Å². The molecule has 5 heteroatoms. The quantitative estimate of drug-likeness (QED) is 0.811. The summed E-state index contributed by atoms with van der Waals surface area (Å²) in [5.41, 5.74) is 7.61. The van der Waals surface area contributed by atoms with E-state index in [1.165, 1.54) is 18.2 Å². The highest BCUT2D eigenvalue weighted by Crippen LogP contribution is 2.30. The third kappa shape index (κ3) is 2.36. The molecule has 18 heavy (non-hydrogen) atoms. The van der Waals surface area contributed by atoms with Crippen molar-refractivity contribution in [2.75, 3.05) is 11.1 Å². The van der Waals surface area contributed by atoms with Gasteiger partial charge in [0.25, 0.3) is 0 Å². The van der Waals surface area contributed by atoms with Gasteiger partial charge in [0.2, 0.25) is 0 Å². The van der Waals surface area contributed by atoms with E-state index in [2.05, 4.69) is 5.32 Å². The largest absolute Gasteiger partial charge is 0.396 e. The Labute approximate surface area is 109 Å². The van der Waals surface area contributed by atoms with Crippen LogP contribution in [0.3, 0.4) is 0 Å². The molecule has 90 valence electrons. The van der Waals surface area contributed by atoms with Crippen molar-refractivity contribution in [3.05, 3.63) is 52.8 Å². The highest BCUT2D eigenvalue weighted by Gasteiger charge is 2.07. The van der Waals surface area contributed by atoms with Crippen LogP contribution in [0.15, 0.2) is 36.4 Å². The summed E-state index contributed by atoms with van der Waals surface area (Å²) in [5, 5.41) is 12.1. The number of para-hydroxylation sites is 1. The smallest absolute Gasteiger partial charge is 0.124 e. The lowest BCUT2D eigenvalue weighted by Crippen LogP contribution is -1.99. The number of nitrogens with two attached hydrogens (primary N) is 1. The number of halogens is 2. The lowest BCUT2D eigenvalue weighted by Gasteiger charge is -2.11. The Morgan fingerprint density at radius 3 is 2.67 bits per heavy atom. The fraction of sp³-hybridized carbons (Fsp3) is 0. The summed E-state index contributed by atoms with van der Waals surface area (Å²) >= 11 is 5.90. The van der Waals surface area contributed by atoms with E-state index in [9.17, 15) is 4.39 Å². The van der Waals surface area contributed by atoms with E-state index in [1.54, 1.807) is 18.2 Å². The van der Waals surface area contributed by atoms with Crippen LogP contribution in [0.2, 0.25) is 5.02 Å². The normalized spacial score (nSPS) is 9.83. The molecule has 0 aliphatic heterocycles. The lowest BCUT2D eigenvalue weighted by molar-refractivity contribution is 0.628. The number of nitriles is 1. The molecule has 2 rings (SSSR count). The summed E-state index contributed by atoms with van der Waals surface area (Å²) in [5.74, 6) is -0.413. The minimum absolute atomic E-state index is 0.247. The van der Waals surface area contributed by atoms with Gasteiger partial charge in [0.05, 0.1) is 27.6 Å². The molecule has 2 aromatic rings. The van der Waals surface area contributed by atoms with Gasteiger partial charge in [0.15, 0.2) is 0 Å². The standard InChI is InChI=1S/C13H9ClFN3/c14-10-6-9(15)4-5-11(10)18-12-3-1-2-8(7-16)13(12)17/h1-6,18H,17H2. The number of anilines is 3. The van der Waals surface area contributed by atoms with Gasteiger partial charge in [0, 0.05) is 0 Å². The average molecular weight is 262 g/mol. The minimum atomic E-state index is -0.413. The van der Waals surface area contributed by atoms with Crippen LogP contribution in [0.5, 0.6) is 0 Å². The van der Waals surface area contributed by atoms with E-state index in [4.69, 9.17) is 22.6 Å². The van der Waals surface area contributed by atoms with Crippen molar-refractivity contribution in [1.82, 2.24) is 0 Å². The minimum Gasteiger partial charge on any atom is -0.396 e. The summed E-state index contributed by atoms with van der Waals surface area (Å²) in [6.07, 6.45) is 0. The van der Waals surface area contributed by atoms with Crippen molar-refractivity contribution in [3.8, 4) is 6.07 Å². The summed E-state index contributed by atoms with van der Waals surface area (Å²) in [4.78, 5) is 0. The van der Waals surface area contributed by atoms with E-state index in [0.29, 0.717) is 22.6 Å². The van der Waals surface area contributed by atoms with Gasteiger partial charge in [0.1, 0.15) is 11.9 Å². The van der Waals surface area contributed by atoms with E-state index >= 15 is 0 Å². The molecule has 0 unspecified atom stereocenters. The maximum absolute atomic E-state index is 12.9. The van der Waals surface area contributed by atoms with Crippen molar-refractivity contribution < 1.29 is 4.39 Å². The fourth-order valence-electron chi connectivity index (χ4n) is 1.51. The van der Waals surface area contributed by atoms with Gasteiger partial charge in [-0.3, -0.25) is 0 Å². The number of nitrogens with one attached hydrogen (secondary N) is 1. The molecular weight excluding hydrogens is 253 g/mol. The molecule has 0 aromatic heterocycles. The number of rotatable bonds is 2. The zero-order chi connectivity index (χ0) is 13.1. The maximum Gasteiger partial charge on any atom is 0.124 e. The maximum atomic E-state index is 12.9. The van der Waals surface area contributed by atoms with Crippen molar-refractivity contribution in [1.29, 1.82) is 5.26 Å². The Balaban J connectivity index is 2.38. The molecule has 0 spiro atoms. The monoisotopic (exact) mass is 261 g/mol. The van der Waals surface area contributed by atoms with E-state index in [0.717, 1.165) is 0 Å². The number of hydrogen-bond donors (Lipinski definition) is 2. The Morgan fingerprint density at radius 1 is 1.22 bits per heavy atom. The molecule has 0 fully saturated rings. The van der Waals surface area contributed by atoms with Gasteiger partial charge in [-0.2, -0.15) is 5.26 Å². The van der Waals surface area contributed by atoms with Crippen LogP contribution in [0.4, 0.5) is 21.5 Å². The van der Waals surface area contributed by atoms with Crippen LogP contribution in [0, 0.1) is 17.1 Å². The second kappa shape index (κ2) is 4.94. The first-order chi connectivity index (χ1) is 8.61. The molecule has 0 amide bonds. The van der Waals surface area contributed by atoms with Gasteiger partial charge in [-0.1, -0.05) is 17.7 Å². The highest BCUT2D eigenvalue weighted by molar-refractivity contribution is 6.33. The molecule has 0 heterocycles. The Hall–Kier alpha value is -2.25. The van der Waals surface area contributed by atoms with Crippen LogP contribution >= 0.6 is 11.6 Å². The molecule has 0 aliphatic carbocycles. The number of nitrogens with zero attached hydrogens (tertiary/aromatic N) is 1. The molecule has 0 atom stereocenters. The Kier molecular flexibility index (Phi) is 3.35.